The summed E-state index contributed by atoms with van der Waals surface area (Å²) in [5, 5.41) is 1.55. The molecule has 0 aromatic heterocycles. The van der Waals surface area contributed by atoms with Crippen molar-refractivity contribution < 1.29 is 14.3 Å². The largest absolute Gasteiger partial charge is 0.486 e. The molecule has 8 heteroatoms. The van der Waals surface area contributed by atoms with E-state index in [4.69, 9.17) is 14.5 Å². The summed E-state index contributed by atoms with van der Waals surface area (Å²) in [6.45, 7) is 5.26. The number of amidine groups is 1. The minimum Gasteiger partial charge on any atom is -0.486 e. The number of hydrogen-bond acceptors (Lipinski definition) is 7. The van der Waals surface area contributed by atoms with Crippen LogP contribution in [0.4, 0.5) is 11.4 Å². The fourth-order valence-corrected chi connectivity index (χ4v) is 5.77. The molecule has 0 spiro atoms. The predicted molar refractivity (Wildman–Crippen MR) is 122 cm³/mol. The van der Waals surface area contributed by atoms with E-state index in [2.05, 4.69) is 23.6 Å². The first-order valence-electron chi connectivity index (χ1n) is 9.49. The molecule has 0 unspecified atom stereocenters. The smallest absolute Gasteiger partial charge is 0.269 e. The Labute approximate surface area is 183 Å². The second-order valence-corrected chi connectivity index (χ2v) is 8.80. The number of thioether (sulfide) groups is 2. The van der Waals surface area contributed by atoms with Gasteiger partial charge in [-0.1, -0.05) is 30.0 Å². The summed E-state index contributed by atoms with van der Waals surface area (Å²) in [4.78, 5) is 23.5. The molecular formula is C22H19N3O3S2. The summed E-state index contributed by atoms with van der Waals surface area (Å²) in [6, 6.07) is 13.7. The molecule has 6 nitrogen and oxygen atoms in total. The zero-order valence-corrected chi connectivity index (χ0v) is 18.0. The molecule has 1 saturated heterocycles. The van der Waals surface area contributed by atoms with E-state index in [9.17, 15) is 4.79 Å². The third-order valence-electron chi connectivity index (χ3n) is 4.86. The number of carbonyl (C=O) groups is 1. The van der Waals surface area contributed by atoms with Crippen molar-refractivity contribution in [2.45, 2.75) is 4.90 Å². The van der Waals surface area contributed by atoms with E-state index in [0.29, 0.717) is 47.0 Å². The van der Waals surface area contributed by atoms with Crippen molar-refractivity contribution in [2.24, 2.45) is 4.99 Å². The normalized spacial score (nSPS) is 21.4. The Morgan fingerprint density at radius 2 is 1.93 bits per heavy atom. The number of benzene rings is 2. The van der Waals surface area contributed by atoms with Crippen LogP contribution >= 0.6 is 23.5 Å². The lowest BCUT2D eigenvalue weighted by Gasteiger charge is -2.18. The number of aliphatic imine (C=N–C) groups is 1. The third kappa shape index (κ3) is 3.26. The van der Waals surface area contributed by atoms with Crippen LogP contribution in [0, 0.1) is 0 Å². The number of nitrogens with zero attached hydrogens (tertiary/aromatic N) is 3. The molecule has 2 aromatic rings. The van der Waals surface area contributed by atoms with E-state index in [1.165, 1.54) is 11.8 Å². The van der Waals surface area contributed by atoms with Crippen molar-refractivity contribution in [1.29, 1.82) is 0 Å². The van der Waals surface area contributed by atoms with E-state index in [1.807, 2.05) is 37.4 Å². The summed E-state index contributed by atoms with van der Waals surface area (Å²) >= 11 is 3.01. The summed E-state index contributed by atoms with van der Waals surface area (Å²) in [6.07, 6.45) is 1.71. The Morgan fingerprint density at radius 1 is 1.13 bits per heavy atom. The van der Waals surface area contributed by atoms with Gasteiger partial charge in [-0.25, -0.2) is 4.99 Å². The standard InChI is InChI=1S/C22H19N3O3S2/c1-3-10-25-20(26)19(21-24(2)15-6-4-5-7-18(15)29-21)30-22(25)23-14-8-9-16-17(13-14)28-12-11-27-16/h3-9,13H,1,10-12H2,2H3/b21-19+,23-22?. The fourth-order valence-electron chi connectivity index (χ4n) is 3.42. The second kappa shape index (κ2) is 7.77. The zero-order chi connectivity index (χ0) is 20.7. The van der Waals surface area contributed by atoms with Gasteiger partial charge in [-0.15, -0.1) is 6.58 Å². The quantitative estimate of drug-likeness (QED) is 0.516. The lowest BCUT2D eigenvalue weighted by Crippen LogP contribution is -2.29. The monoisotopic (exact) mass is 437 g/mol. The summed E-state index contributed by atoms with van der Waals surface area (Å²) in [5.41, 5.74) is 1.82. The average Bonchev–Trinajstić information content (AvgIpc) is 3.26. The average molecular weight is 438 g/mol. The van der Waals surface area contributed by atoms with Gasteiger partial charge in [-0.05, 0) is 36.0 Å². The molecule has 1 amide bonds. The molecule has 1 fully saturated rings. The van der Waals surface area contributed by atoms with Crippen LogP contribution in [-0.4, -0.2) is 42.8 Å². The molecule has 5 rings (SSSR count). The van der Waals surface area contributed by atoms with Crippen LogP contribution in [0.2, 0.25) is 0 Å². The Bertz CT molecular complexity index is 1110. The van der Waals surface area contributed by atoms with Crippen LogP contribution in [0.5, 0.6) is 11.5 Å². The topological polar surface area (TPSA) is 54.4 Å². The summed E-state index contributed by atoms with van der Waals surface area (Å²) in [7, 11) is 1.99. The number of fused-ring (bicyclic) bond motifs is 2. The maximum atomic E-state index is 13.2. The number of carbonyl (C=O) groups excluding carboxylic acids is 1. The maximum absolute atomic E-state index is 13.2. The molecule has 3 heterocycles. The van der Waals surface area contributed by atoms with Crippen molar-refractivity contribution in [3.8, 4) is 11.5 Å². The van der Waals surface area contributed by atoms with Gasteiger partial charge in [-0.2, -0.15) is 0 Å². The Morgan fingerprint density at radius 3 is 2.73 bits per heavy atom. The van der Waals surface area contributed by atoms with E-state index < -0.39 is 0 Å². The predicted octanol–water partition coefficient (Wildman–Crippen LogP) is 4.62. The number of ether oxygens (including phenoxy) is 2. The fraction of sp³-hybridized carbons (Fsp3) is 0.182. The molecule has 3 aliphatic rings. The number of rotatable bonds is 3. The molecule has 0 saturated carbocycles. The number of hydrogen-bond donors (Lipinski definition) is 0. The van der Waals surface area contributed by atoms with Crippen molar-refractivity contribution in [3.63, 3.8) is 0 Å². The maximum Gasteiger partial charge on any atom is 0.269 e. The van der Waals surface area contributed by atoms with E-state index in [0.717, 1.165) is 15.6 Å². The van der Waals surface area contributed by atoms with Gasteiger partial charge in [0.15, 0.2) is 16.7 Å². The van der Waals surface area contributed by atoms with Crippen molar-refractivity contribution in [3.05, 3.63) is 65.1 Å². The van der Waals surface area contributed by atoms with E-state index in [1.54, 1.807) is 22.7 Å². The van der Waals surface area contributed by atoms with Crippen LogP contribution in [0.25, 0.3) is 0 Å². The lowest BCUT2D eigenvalue weighted by molar-refractivity contribution is -0.121. The van der Waals surface area contributed by atoms with Gasteiger partial charge >= 0.3 is 0 Å². The van der Waals surface area contributed by atoms with Crippen LogP contribution in [-0.2, 0) is 4.79 Å². The van der Waals surface area contributed by atoms with E-state index >= 15 is 0 Å². The van der Waals surface area contributed by atoms with Crippen LogP contribution in [0.3, 0.4) is 0 Å². The van der Waals surface area contributed by atoms with Crippen LogP contribution in [0.1, 0.15) is 0 Å². The molecular weight excluding hydrogens is 418 g/mol. The Kier molecular flexibility index (Phi) is 4.96. The highest BCUT2D eigenvalue weighted by Gasteiger charge is 2.38. The van der Waals surface area contributed by atoms with Crippen LogP contribution in [0.15, 0.2) is 74.9 Å². The number of amides is 1. The van der Waals surface area contributed by atoms with Gasteiger partial charge in [0.2, 0.25) is 0 Å². The molecule has 2 aromatic carbocycles. The first kappa shape index (κ1) is 19.1. The minimum absolute atomic E-state index is 0.0571. The number of para-hydroxylation sites is 1. The molecule has 30 heavy (non-hydrogen) atoms. The van der Waals surface area contributed by atoms with Crippen LogP contribution < -0.4 is 14.4 Å². The number of anilines is 1. The highest BCUT2D eigenvalue weighted by molar-refractivity contribution is 8.19. The minimum atomic E-state index is -0.0571. The van der Waals surface area contributed by atoms with Crippen molar-refractivity contribution >= 4 is 46.0 Å². The van der Waals surface area contributed by atoms with Gasteiger partial charge in [0, 0.05) is 24.6 Å². The van der Waals surface area contributed by atoms with E-state index in [-0.39, 0.29) is 5.91 Å². The molecule has 0 atom stereocenters. The first-order chi connectivity index (χ1) is 14.7. The molecule has 3 aliphatic heterocycles. The van der Waals surface area contributed by atoms with Gasteiger partial charge < -0.3 is 14.4 Å². The van der Waals surface area contributed by atoms with Gasteiger partial charge in [0.05, 0.1) is 16.4 Å². The highest BCUT2D eigenvalue weighted by Crippen LogP contribution is 2.50. The van der Waals surface area contributed by atoms with Gasteiger partial charge in [-0.3, -0.25) is 9.69 Å². The molecule has 0 aliphatic carbocycles. The molecule has 0 radical (unpaired) electrons. The summed E-state index contributed by atoms with van der Waals surface area (Å²) in [5.74, 6) is 1.33. The zero-order valence-electron chi connectivity index (χ0n) is 16.3. The Hall–Kier alpha value is -2.84. The third-order valence-corrected chi connectivity index (χ3v) is 7.29. The Balaban J connectivity index is 1.51. The van der Waals surface area contributed by atoms with Crippen molar-refractivity contribution in [1.82, 2.24) is 4.90 Å². The SMILES string of the molecule is C=CCN1C(=O)/C(=C2\Sc3ccccc3N2C)SC1=Nc1ccc2c(c1)OCCO2. The second-order valence-electron chi connectivity index (χ2n) is 6.79. The lowest BCUT2D eigenvalue weighted by atomic mass is 10.2. The van der Waals surface area contributed by atoms with Gasteiger partial charge in [0.25, 0.3) is 5.91 Å². The first-order valence-corrected chi connectivity index (χ1v) is 11.1. The van der Waals surface area contributed by atoms with Crippen molar-refractivity contribution in [2.75, 3.05) is 31.7 Å². The van der Waals surface area contributed by atoms with Gasteiger partial charge in [0.1, 0.15) is 18.1 Å². The highest BCUT2D eigenvalue weighted by atomic mass is 32.2. The molecule has 0 bridgehead atoms. The molecule has 152 valence electrons. The summed E-state index contributed by atoms with van der Waals surface area (Å²) < 4.78 is 11.2. The molecule has 0 N–H and O–H groups in total.